The summed E-state index contributed by atoms with van der Waals surface area (Å²) in [5, 5.41) is 0.927. The second kappa shape index (κ2) is 4.06. The first-order valence-corrected chi connectivity index (χ1v) is 9.06. The van der Waals surface area contributed by atoms with Crippen molar-refractivity contribution in [2.24, 2.45) is 0 Å². The number of rotatable bonds is 1. The van der Waals surface area contributed by atoms with Crippen LogP contribution in [-0.4, -0.2) is 28.8 Å². The van der Waals surface area contributed by atoms with Crippen molar-refractivity contribution in [2.45, 2.75) is 12.2 Å². The van der Waals surface area contributed by atoms with Crippen molar-refractivity contribution in [1.29, 1.82) is 0 Å². The van der Waals surface area contributed by atoms with Crippen molar-refractivity contribution < 1.29 is 0 Å². The zero-order chi connectivity index (χ0) is 10.3. The Morgan fingerprint density at radius 2 is 1.67 bits per heavy atom. The molecule has 2 bridgehead atoms. The van der Waals surface area contributed by atoms with Crippen LogP contribution in [0.1, 0.15) is 16.4 Å². The fourth-order valence-electron chi connectivity index (χ4n) is 2.49. The molecule has 4 rings (SSSR count). The Morgan fingerprint density at radius 3 is 2.20 bits per heavy atom. The smallest absolute Gasteiger partial charge is 0.0589 e. The number of hydrogen-bond donors (Lipinski definition) is 0. The van der Waals surface area contributed by atoms with Gasteiger partial charge in [0.05, 0.1) is 0 Å². The van der Waals surface area contributed by atoms with Gasteiger partial charge in [-0.1, -0.05) is 29.8 Å². The molecule has 0 radical (unpaired) electrons. The first-order valence-electron chi connectivity index (χ1n) is 5.70. The molecule has 1 atom stereocenters. The van der Waals surface area contributed by atoms with Crippen LogP contribution < -0.4 is 0 Å². The Kier molecular flexibility index (Phi) is 2.73. The lowest BCUT2D eigenvalue weighted by Crippen LogP contribution is -2.46. The van der Waals surface area contributed by atoms with Crippen LogP contribution in [0.5, 0.6) is 0 Å². The lowest BCUT2D eigenvalue weighted by atomic mass is 10.1. The second-order valence-electron chi connectivity index (χ2n) is 4.53. The SMILES string of the molecule is Cc1ccc(C2C[S+]3CC[S+]2CC3)cc1. The van der Waals surface area contributed by atoms with Crippen molar-refractivity contribution in [1.82, 2.24) is 0 Å². The highest BCUT2D eigenvalue weighted by molar-refractivity contribution is 8.07. The molecule has 3 aliphatic heterocycles. The third-order valence-electron chi connectivity index (χ3n) is 3.51. The highest BCUT2D eigenvalue weighted by atomic mass is 32.2. The van der Waals surface area contributed by atoms with E-state index in [1.165, 1.54) is 22.8 Å². The van der Waals surface area contributed by atoms with E-state index in [1.807, 2.05) is 0 Å². The summed E-state index contributed by atoms with van der Waals surface area (Å²) in [5.41, 5.74) is 3.02. The fraction of sp³-hybridized carbons (Fsp3) is 0.538. The van der Waals surface area contributed by atoms with Crippen molar-refractivity contribution in [3.05, 3.63) is 35.4 Å². The monoisotopic (exact) mass is 238 g/mol. The Morgan fingerprint density at radius 1 is 1.00 bits per heavy atom. The van der Waals surface area contributed by atoms with E-state index >= 15 is 0 Å². The lowest BCUT2D eigenvalue weighted by molar-refractivity contribution is 1.04. The van der Waals surface area contributed by atoms with Gasteiger partial charge < -0.3 is 0 Å². The van der Waals surface area contributed by atoms with Crippen LogP contribution in [-0.2, 0) is 21.8 Å². The van der Waals surface area contributed by atoms with E-state index < -0.39 is 0 Å². The van der Waals surface area contributed by atoms with E-state index in [0.717, 1.165) is 27.0 Å². The average molecular weight is 238 g/mol. The molecular weight excluding hydrogens is 220 g/mol. The molecule has 3 heterocycles. The summed E-state index contributed by atoms with van der Waals surface area (Å²) in [6, 6.07) is 9.31. The van der Waals surface area contributed by atoms with Gasteiger partial charge in [-0.2, -0.15) is 0 Å². The van der Waals surface area contributed by atoms with Crippen molar-refractivity contribution in [3.63, 3.8) is 0 Å². The summed E-state index contributed by atoms with van der Waals surface area (Å²) in [7, 11) is 1.51. The number of hydrogen-bond acceptors (Lipinski definition) is 0. The van der Waals surface area contributed by atoms with Gasteiger partial charge in [0.15, 0.2) is 34.0 Å². The average Bonchev–Trinajstić information content (AvgIpc) is 2.31. The maximum absolute atomic E-state index is 2.37. The van der Waals surface area contributed by atoms with E-state index in [1.54, 1.807) is 17.1 Å². The topological polar surface area (TPSA) is 0 Å². The molecule has 1 unspecified atom stereocenters. The van der Waals surface area contributed by atoms with Gasteiger partial charge in [-0.15, -0.1) is 0 Å². The largest absolute Gasteiger partial charge is 0.187 e. The van der Waals surface area contributed by atoms with Gasteiger partial charge in [-0.25, -0.2) is 0 Å². The zero-order valence-electron chi connectivity index (χ0n) is 9.24. The van der Waals surface area contributed by atoms with Crippen LogP contribution in [0.15, 0.2) is 24.3 Å². The predicted molar refractivity (Wildman–Crippen MR) is 73.0 cm³/mol. The molecule has 1 aromatic rings. The predicted octanol–water partition coefficient (Wildman–Crippen LogP) is 2.30. The van der Waals surface area contributed by atoms with Crippen LogP contribution in [0.25, 0.3) is 0 Å². The maximum atomic E-state index is 2.37. The fourth-order valence-corrected chi connectivity index (χ4v) is 9.90. The minimum absolute atomic E-state index is 0.726. The van der Waals surface area contributed by atoms with Gasteiger partial charge in [-0.05, 0) is 6.92 Å². The summed E-state index contributed by atoms with van der Waals surface area (Å²) >= 11 is 0. The molecule has 0 saturated carbocycles. The van der Waals surface area contributed by atoms with Crippen molar-refractivity contribution in [3.8, 4) is 0 Å². The minimum Gasteiger partial charge on any atom is -0.0589 e. The molecule has 3 aliphatic rings. The highest BCUT2D eigenvalue weighted by Crippen LogP contribution is 2.36. The standard InChI is InChI=1S/C13H18S2/c1-11-2-4-12(5-3-11)13-10-14-6-8-15(13)9-7-14/h2-5,13H,6-10H2,1H3/q+2. The maximum Gasteiger partial charge on any atom is 0.187 e. The van der Waals surface area contributed by atoms with Gasteiger partial charge in [-0.3, -0.25) is 0 Å². The second-order valence-corrected chi connectivity index (χ2v) is 9.37. The molecule has 80 valence electrons. The zero-order valence-corrected chi connectivity index (χ0v) is 10.9. The lowest BCUT2D eigenvalue weighted by Gasteiger charge is -2.29. The van der Waals surface area contributed by atoms with E-state index in [-0.39, 0.29) is 0 Å². The molecule has 0 aromatic heterocycles. The normalized spacial score (nSPS) is 34.3. The molecule has 15 heavy (non-hydrogen) atoms. The first kappa shape index (κ1) is 10.1. The summed E-state index contributed by atoms with van der Waals surface area (Å²) < 4.78 is 0. The Hall–Kier alpha value is -0.0800. The highest BCUT2D eigenvalue weighted by Gasteiger charge is 2.50. The van der Waals surface area contributed by atoms with Crippen LogP contribution in [0, 0.1) is 6.92 Å². The van der Waals surface area contributed by atoms with Crippen molar-refractivity contribution in [2.75, 3.05) is 28.8 Å². The van der Waals surface area contributed by atoms with E-state index in [2.05, 4.69) is 31.2 Å². The van der Waals surface area contributed by atoms with Gasteiger partial charge in [0.25, 0.3) is 0 Å². The number of benzene rings is 1. The molecule has 1 aromatic carbocycles. The van der Waals surface area contributed by atoms with Crippen LogP contribution in [0.2, 0.25) is 0 Å². The molecule has 0 aliphatic carbocycles. The quantitative estimate of drug-likeness (QED) is 0.659. The summed E-state index contributed by atoms with van der Waals surface area (Å²) in [4.78, 5) is 0. The van der Waals surface area contributed by atoms with Gasteiger partial charge in [0, 0.05) is 27.4 Å². The Labute approximate surface area is 98.2 Å². The summed E-state index contributed by atoms with van der Waals surface area (Å²) in [5.74, 6) is 7.66. The van der Waals surface area contributed by atoms with E-state index in [9.17, 15) is 0 Å². The van der Waals surface area contributed by atoms with Crippen molar-refractivity contribution >= 4 is 21.8 Å². The van der Waals surface area contributed by atoms with Gasteiger partial charge >= 0.3 is 0 Å². The third kappa shape index (κ3) is 1.94. The molecule has 2 heteroatoms. The molecule has 0 amide bonds. The minimum atomic E-state index is 0.726. The first-order chi connectivity index (χ1) is 7.33. The van der Waals surface area contributed by atoms with E-state index in [0.29, 0.717) is 0 Å². The molecule has 0 spiro atoms. The molecule has 3 fully saturated rings. The Bertz CT molecular complexity index is 336. The van der Waals surface area contributed by atoms with Gasteiger partial charge in [0.1, 0.15) is 0 Å². The molecule has 0 N–H and O–H groups in total. The Balaban J connectivity index is 1.85. The molecule has 3 saturated heterocycles. The molecular formula is C13H18S2+2. The van der Waals surface area contributed by atoms with Crippen LogP contribution >= 0.6 is 0 Å². The number of fused-ring (bicyclic) bond motifs is 3. The summed E-state index contributed by atoms with van der Waals surface area (Å²) in [6.45, 7) is 2.18. The van der Waals surface area contributed by atoms with Crippen LogP contribution in [0.4, 0.5) is 0 Å². The van der Waals surface area contributed by atoms with Crippen LogP contribution in [0.3, 0.4) is 0 Å². The van der Waals surface area contributed by atoms with Gasteiger partial charge in [0.2, 0.25) is 0 Å². The third-order valence-corrected chi connectivity index (χ3v) is 9.30. The summed E-state index contributed by atoms with van der Waals surface area (Å²) in [6.07, 6.45) is 0. The van der Waals surface area contributed by atoms with E-state index in [4.69, 9.17) is 0 Å². The molecule has 0 nitrogen and oxygen atoms in total. The number of aryl methyl sites for hydroxylation is 1.